The number of aryl methyl sites for hydroxylation is 1. The quantitative estimate of drug-likeness (QED) is 0.668. The van der Waals surface area contributed by atoms with Crippen molar-refractivity contribution >= 4 is 11.6 Å². The van der Waals surface area contributed by atoms with Gasteiger partial charge in [-0.05, 0) is 47.9 Å². The van der Waals surface area contributed by atoms with Crippen LogP contribution < -0.4 is 11.3 Å². The number of nitrogens with one attached hydrogen (secondary N) is 1. The van der Waals surface area contributed by atoms with Gasteiger partial charge < -0.3 is 0 Å². The Morgan fingerprint density at radius 2 is 1.89 bits per heavy atom. The SMILES string of the molecule is Cc1cc(F)ccc1C(NN)c1ccc(F)c(Cl)c1. The zero-order valence-electron chi connectivity index (χ0n) is 10.3. The first-order valence-electron chi connectivity index (χ1n) is 5.70. The molecular formula is C14H13ClF2N2. The zero-order valence-corrected chi connectivity index (χ0v) is 11.0. The monoisotopic (exact) mass is 282 g/mol. The van der Waals surface area contributed by atoms with Crippen molar-refractivity contribution in [1.82, 2.24) is 5.43 Å². The van der Waals surface area contributed by atoms with Crippen LogP contribution in [-0.2, 0) is 0 Å². The summed E-state index contributed by atoms with van der Waals surface area (Å²) < 4.78 is 26.3. The van der Waals surface area contributed by atoms with E-state index < -0.39 is 5.82 Å². The van der Waals surface area contributed by atoms with E-state index in [4.69, 9.17) is 17.4 Å². The van der Waals surface area contributed by atoms with Gasteiger partial charge in [-0.3, -0.25) is 5.84 Å². The zero-order chi connectivity index (χ0) is 14.0. The average molecular weight is 283 g/mol. The van der Waals surface area contributed by atoms with Crippen LogP contribution in [0.25, 0.3) is 0 Å². The molecule has 5 heteroatoms. The van der Waals surface area contributed by atoms with Gasteiger partial charge in [0.25, 0.3) is 0 Å². The second-order valence-electron chi connectivity index (χ2n) is 4.27. The summed E-state index contributed by atoms with van der Waals surface area (Å²) in [5.41, 5.74) is 4.91. The molecule has 1 unspecified atom stereocenters. The third-order valence-corrected chi connectivity index (χ3v) is 3.28. The van der Waals surface area contributed by atoms with Crippen LogP contribution in [0.5, 0.6) is 0 Å². The van der Waals surface area contributed by atoms with Gasteiger partial charge in [0, 0.05) is 0 Å². The lowest BCUT2D eigenvalue weighted by Crippen LogP contribution is -2.29. The smallest absolute Gasteiger partial charge is 0.141 e. The van der Waals surface area contributed by atoms with Gasteiger partial charge in [-0.25, -0.2) is 14.2 Å². The second-order valence-corrected chi connectivity index (χ2v) is 4.68. The van der Waals surface area contributed by atoms with E-state index in [0.717, 1.165) is 11.1 Å². The van der Waals surface area contributed by atoms with Gasteiger partial charge >= 0.3 is 0 Å². The largest absolute Gasteiger partial charge is 0.271 e. The third kappa shape index (κ3) is 2.92. The summed E-state index contributed by atoms with van der Waals surface area (Å²) >= 11 is 5.76. The van der Waals surface area contributed by atoms with Crippen LogP contribution in [0.15, 0.2) is 36.4 Å². The van der Waals surface area contributed by atoms with Crippen LogP contribution in [0, 0.1) is 18.6 Å². The van der Waals surface area contributed by atoms with Crippen molar-refractivity contribution in [1.29, 1.82) is 0 Å². The van der Waals surface area contributed by atoms with Gasteiger partial charge in [-0.15, -0.1) is 0 Å². The maximum absolute atomic E-state index is 13.2. The predicted molar refractivity (Wildman–Crippen MR) is 71.7 cm³/mol. The molecule has 100 valence electrons. The van der Waals surface area contributed by atoms with Crippen LogP contribution in [0.3, 0.4) is 0 Å². The van der Waals surface area contributed by atoms with E-state index in [2.05, 4.69) is 5.43 Å². The fourth-order valence-corrected chi connectivity index (χ4v) is 2.21. The molecule has 0 amide bonds. The van der Waals surface area contributed by atoms with E-state index in [1.807, 2.05) is 0 Å². The second kappa shape index (κ2) is 5.65. The molecule has 0 radical (unpaired) electrons. The van der Waals surface area contributed by atoms with Gasteiger partial charge in [0.1, 0.15) is 11.6 Å². The van der Waals surface area contributed by atoms with Crippen molar-refractivity contribution in [3.8, 4) is 0 Å². The molecule has 0 saturated carbocycles. The molecule has 2 rings (SSSR count). The fourth-order valence-electron chi connectivity index (χ4n) is 2.02. The summed E-state index contributed by atoms with van der Waals surface area (Å²) in [4.78, 5) is 0. The molecule has 0 bridgehead atoms. The van der Waals surface area contributed by atoms with E-state index in [9.17, 15) is 8.78 Å². The fraction of sp³-hybridized carbons (Fsp3) is 0.143. The standard InChI is InChI=1S/C14H13ClF2N2/c1-8-6-10(16)3-4-11(8)14(19-18)9-2-5-13(17)12(15)7-9/h2-7,14,19H,18H2,1H3. The molecule has 0 spiro atoms. The summed E-state index contributed by atoms with van der Waals surface area (Å²) in [5, 5.41) is 0.0255. The van der Waals surface area contributed by atoms with E-state index >= 15 is 0 Å². The van der Waals surface area contributed by atoms with E-state index in [1.54, 1.807) is 19.1 Å². The molecular weight excluding hydrogens is 270 g/mol. The minimum Gasteiger partial charge on any atom is -0.271 e. The van der Waals surface area contributed by atoms with Crippen LogP contribution in [0.2, 0.25) is 5.02 Å². The molecule has 19 heavy (non-hydrogen) atoms. The Morgan fingerprint density at radius 1 is 1.16 bits per heavy atom. The van der Waals surface area contributed by atoms with Gasteiger partial charge in [0.15, 0.2) is 0 Å². The first-order valence-corrected chi connectivity index (χ1v) is 6.08. The molecule has 2 aromatic rings. The summed E-state index contributed by atoms with van der Waals surface area (Å²) in [7, 11) is 0. The molecule has 2 nitrogen and oxygen atoms in total. The number of hydrogen-bond donors (Lipinski definition) is 2. The van der Waals surface area contributed by atoms with Crippen LogP contribution >= 0.6 is 11.6 Å². The highest BCUT2D eigenvalue weighted by molar-refractivity contribution is 6.30. The topological polar surface area (TPSA) is 38.0 Å². The predicted octanol–water partition coefficient (Wildman–Crippen LogP) is 3.48. The number of rotatable bonds is 3. The summed E-state index contributed by atoms with van der Waals surface area (Å²) in [6.45, 7) is 1.79. The van der Waals surface area contributed by atoms with Crippen molar-refractivity contribution in [3.63, 3.8) is 0 Å². The van der Waals surface area contributed by atoms with Crippen molar-refractivity contribution in [2.24, 2.45) is 5.84 Å². The number of hydrazine groups is 1. The molecule has 0 aliphatic heterocycles. The minimum atomic E-state index is -0.489. The lowest BCUT2D eigenvalue weighted by Gasteiger charge is -2.19. The molecule has 0 aromatic heterocycles. The molecule has 0 heterocycles. The Bertz CT molecular complexity index is 602. The Hall–Kier alpha value is -1.49. The first-order chi connectivity index (χ1) is 9.02. The molecule has 0 saturated heterocycles. The lowest BCUT2D eigenvalue weighted by atomic mass is 9.95. The van der Waals surface area contributed by atoms with Crippen LogP contribution in [0.1, 0.15) is 22.7 Å². The number of benzene rings is 2. The molecule has 0 aliphatic carbocycles. The maximum atomic E-state index is 13.2. The minimum absolute atomic E-state index is 0.0255. The molecule has 0 fully saturated rings. The Labute approximate surface area is 115 Å². The highest BCUT2D eigenvalue weighted by Gasteiger charge is 2.16. The Kier molecular flexibility index (Phi) is 4.14. The number of nitrogens with two attached hydrogens (primary N) is 1. The van der Waals surface area contributed by atoms with Crippen molar-refractivity contribution in [3.05, 3.63) is 69.7 Å². The number of halogens is 3. The normalized spacial score (nSPS) is 12.5. The Morgan fingerprint density at radius 3 is 2.47 bits per heavy atom. The third-order valence-electron chi connectivity index (χ3n) is 2.99. The molecule has 2 aromatic carbocycles. The van der Waals surface area contributed by atoms with Gasteiger partial charge in [-0.2, -0.15) is 0 Å². The lowest BCUT2D eigenvalue weighted by molar-refractivity contribution is 0.606. The van der Waals surface area contributed by atoms with Crippen LogP contribution in [0.4, 0.5) is 8.78 Å². The highest BCUT2D eigenvalue weighted by Crippen LogP contribution is 2.27. The van der Waals surface area contributed by atoms with E-state index in [-0.39, 0.29) is 16.9 Å². The summed E-state index contributed by atoms with van der Waals surface area (Å²) in [6, 6.07) is 8.42. The maximum Gasteiger partial charge on any atom is 0.141 e. The average Bonchev–Trinajstić information content (AvgIpc) is 2.37. The van der Waals surface area contributed by atoms with Crippen molar-refractivity contribution in [2.45, 2.75) is 13.0 Å². The molecule has 0 aliphatic rings. The number of hydrogen-bond acceptors (Lipinski definition) is 2. The van der Waals surface area contributed by atoms with Crippen LogP contribution in [-0.4, -0.2) is 0 Å². The first kappa shape index (κ1) is 13.9. The summed E-state index contributed by atoms with van der Waals surface area (Å²) in [5.74, 6) is 4.75. The summed E-state index contributed by atoms with van der Waals surface area (Å²) in [6.07, 6.45) is 0. The van der Waals surface area contributed by atoms with E-state index in [0.29, 0.717) is 5.56 Å². The Balaban J connectivity index is 2.46. The van der Waals surface area contributed by atoms with E-state index in [1.165, 1.54) is 24.3 Å². The van der Waals surface area contributed by atoms with Gasteiger partial charge in [-0.1, -0.05) is 23.7 Å². The molecule has 3 N–H and O–H groups in total. The highest BCUT2D eigenvalue weighted by atomic mass is 35.5. The van der Waals surface area contributed by atoms with Crippen molar-refractivity contribution < 1.29 is 8.78 Å². The molecule has 1 atom stereocenters. The van der Waals surface area contributed by atoms with Gasteiger partial charge in [0.2, 0.25) is 0 Å². The van der Waals surface area contributed by atoms with Gasteiger partial charge in [0.05, 0.1) is 11.1 Å². The van der Waals surface area contributed by atoms with Crippen molar-refractivity contribution in [2.75, 3.05) is 0 Å².